The number of rotatable bonds is 5. The molecule has 0 bridgehead atoms. The van der Waals surface area contributed by atoms with E-state index in [1.165, 1.54) is 60.3 Å². The van der Waals surface area contributed by atoms with Crippen LogP contribution in [-0.2, 0) is 5.41 Å². The van der Waals surface area contributed by atoms with Crippen LogP contribution in [0.5, 0.6) is 0 Å². The summed E-state index contributed by atoms with van der Waals surface area (Å²) >= 11 is 0. The van der Waals surface area contributed by atoms with E-state index in [2.05, 4.69) is 219 Å². The summed E-state index contributed by atoms with van der Waals surface area (Å²) in [5.41, 5.74) is 15.1. The average Bonchev–Trinajstić information content (AvgIpc) is 3.78. The first-order valence-electron chi connectivity index (χ1n) is 20.5. The van der Waals surface area contributed by atoms with Gasteiger partial charge in [0.15, 0.2) is 0 Å². The third-order valence-corrected chi connectivity index (χ3v) is 12.8. The van der Waals surface area contributed by atoms with E-state index in [-0.39, 0.29) is 5.41 Å². The van der Waals surface area contributed by atoms with Gasteiger partial charge in [-0.15, -0.1) is 0 Å². The van der Waals surface area contributed by atoms with Crippen molar-refractivity contribution in [1.29, 1.82) is 0 Å². The van der Waals surface area contributed by atoms with Crippen LogP contribution in [0.4, 0.5) is 17.1 Å². The minimum absolute atomic E-state index is 0.133. The molecule has 0 fully saturated rings. The van der Waals surface area contributed by atoms with Crippen molar-refractivity contribution in [3.63, 3.8) is 0 Å². The van der Waals surface area contributed by atoms with Crippen molar-refractivity contribution in [2.75, 3.05) is 4.90 Å². The van der Waals surface area contributed by atoms with Crippen LogP contribution in [0.1, 0.15) is 25.0 Å². The highest BCUT2D eigenvalue weighted by molar-refractivity contribution is 6.16. The van der Waals surface area contributed by atoms with Crippen molar-refractivity contribution in [3.8, 4) is 33.4 Å². The van der Waals surface area contributed by atoms with Crippen molar-refractivity contribution in [2.45, 2.75) is 19.3 Å². The SMILES string of the molecule is CC1(C)c2ccccc2-c2ccc(N(c3ccc(-c4cc5ccccc5c5ccccc45)cc3)c3ccccc3-c3ccc4oc5c6ccccc6ccc5c4c3)cc21. The average molecular weight is 754 g/mol. The van der Waals surface area contributed by atoms with E-state index in [4.69, 9.17) is 4.42 Å². The highest BCUT2D eigenvalue weighted by atomic mass is 16.3. The van der Waals surface area contributed by atoms with E-state index in [1.54, 1.807) is 0 Å². The summed E-state index contributed by atoms with van der Waals surface area (Å²) in [5, 5.41) is 9.63. The standard InChI is InChI=1S/C57H39NO/c1-57(2)52-21-11-9-20-47(52)48-31-29-41(35-53(48)57)58(40-27-23-37(24-28-40)50-33-38-14-4-5-15-42(38)45-18-7-8-19-46(45)50)54-22-12-10-16-43(54)39-26-32-55-51(34-39)49-30-25-36-13-3-6-17-44(36)56(49)59-55/h3-35H,1-2H3. The number of benzene rings is 10. The second kappa shape index (κ2) is 12.8. The third-order valence-electron chi connectivity index (χ3n) is 12.8. The van der Waals surface area contributed by atoms with Gasteiger partial charge in [0.25, 0.3) is 0 Å². The van der Waals surface area contributed by atoms with Crippen LogP contribution in [0.25, 0.3) is 87.6 Å². The van der Waals surface area contributed by atoms with E-state index in [9.17, 15) is 0 Å². The molecule has 0 amide bonds. The molecule has 1 aliphatic carbocycles. The molecule has 0 spiro atoms. The zero-order valence-electron chi connectivity index (χ0n) is 32.9. The number of furan rings is 1. The summed E-state index contributed by atoms with van der Waals surface area (Å²) in [4.78, 5) is 2.45. The molecule has 1 aromatic heterocycles. The molecule has 0 N–H and O–H groups in total. The first-order valence-corrected chi connectivity index (χ1v) is 20.5. The van der Waals surface area contributed by atoms with Gasteiger partial charge in [-0.05, 0) is 120 Å². The quantitative estimate of drug-likeness (QED) is 0.163. The van der Waals surface area contributed by atoms with Crippen LogP contribution in [0.3, 0.4) is 0 Å². The maximum atomic E-state index is 6.55. The van der Waals surface area contributed by atoms with Gasteiger partial charge in [-0.3, -0.25) is 0 Å². The molecule has 0 saturated carbocycles. The lowest BCUT2D eigenvalue weighted by atomic mass is 9.82. The van der Waals surface area contributed by atoms with Gasteiger partial charge >= 0.3 is 0 Å². The molecule has 59 heavy (non-hydrogen) atoms. The molecule has 1 heterocycles. The second-order valence-electron chi connectivity index (χ2n) is 16.5. The zero-order chi connectivity index (χ0) is 39.2. The van der Waals surface area contributed by atoms with Gasteiger partial charge in [-0.25, -0.2) is 0 Å². The molecule has 278 valence electrons. The van der Waals surface area contributed by atoms with E-state index < -0.39 is 0 Å². The molecular weight excluding hydrogens is 715 g/mol. The van der Waals surface area contributed by atoms with Gasteiger partial charge in [0, 0.05) is 38.5 Å². The summed E-state index contributed by atoms with van der Waals surface area (Å²) in [6.07, 6.45) is 0. The Morgan fingerprint density at radius 1 is 0.373 bits per heavy atom. The highest BCUT2D eigenvalue weighted by Gasteiger charge is 2.36. The van der Waals surface area contributed by atoms with Crippen molar-refractivity contribution in [2.24, 2.45) is 0 Å². The molecule has 11 aromatic rings. The van der Waals surface area contributed by atoms with Gasteiger partial charge in [0.05, 0.1) is 5.69 Å². The van der Waals surface area contributed by atoms with Crippen molar-refractivity contribution >= 4 is 71.3 Å². The predicted molar refractivity (Wildman–Crippen MR) is 249 cm³/mol. The maximum Gasteiger partial charge on any atom is 0.143 e. The van der Waals surface area contributed by atoms with Crippen LogP contribution in [0, 0.1) is 0 Å². The van der Waals surface area contributed by atoms with E-state index in [1.807, 2.05) is 0 Å². The van der Waals surface area contributed by atoms with Crippen LogP contribution in [0.15, 0.2) is 205 Å². The number of fused-ring (bicyclic) bond motifs is 11. The molecule has 0 radical (unpaired) electrons. The van der Waals surface area contributed by atoms with E-state index >= 15 is 0 Å². The molecule has 2 nitrogen and oxygen atoms in total. The van der Waals surface area contributed by atoms with E-state index in [0.717, 1.165) is 55.5 Å². The molecule has 0 unspecified atom stereocenters. The molecular formula is C57H39NO. The molecule has 0 saturated heterocycles. The lowest BCUT2D eigenvalue weighted by molar-refractivity contribution is 0.660. The fraction of sp³-hybridized carbons (Fsp3) is 0.0526. The molecule has 1 aliphatic rings. The minimum atomic E-state index is -0.133. The summed E-state index contributed by atoms with van der Waals surface area (Å²) < 4.78 is 6.55. The number of anilines is 3. The number of hydrogen-bond donors (Lipinski definition) is 0. The fourth-order valence-electron chi connectivity index (χ4n) is 9.93. The van der Waals surface area contributed by atoms with Gasteiger partial charge in [0.2, 0.25) is 0 Å². The molecule has 12 rings (SSSR count). The topological polar surface area (TPSA) is 16.4 Å². The van der Waals surface area contributed by atoms with Crippen molar-refractivity contribution in [1.82, 2.24) is 0 Å². The highest BCUT2D eigenvalue weighted by Crippen LogP contribution is 2.51. The summed E-state index contributed by atoms with van der Waals surface area (Å²) in [6, 6.07) is 73.3. The zero-order valence-corrected chi connectivity index (χ0v) is 32.9. The Morgan fingerprint density at radius 2 is 1.02 bits per heavy atom. The number of nitrogens with zero attached hydrogens (tertiary/aromatic N) is 1. The molecule has 10 aromatic carbocycles. The van der Waals surface area contributed by atoms with Crippen LogP contribution >= 0.6 is 0 Å². The monoisotopic (exact) mass is 753 g/mol. The summed E-state index contributed by atoms with van der Waals surface area (Å²) in [5.74, 6) is 0. The van der Waals surface area contributed by atoms with Crippen molar-refractivity contribution < 1.29 is 4.42 Å². The van der Waals surface area contributed by atoms with Gasteiger partial charge in [0.1, 0.15) is 11.2 Å². The Bertz CT molecular complexity index is 3480. The maximum absolute atomic E-state index is 6.55. The molecule has 0 atom stereocenters. The van der Waals surface area contributed by atoms with E-state index in [0.29, 0.717) is 0 Å². The largest absolute Gasteiger partial charge is 0.455 e. The minimum Gasteiger partial charge on any atom is -0.455 e. The van der Waals surface area contributed by atoms with Crippen LogP contribution < -0.4 is 4.90 Å². The third kappa shape index (κ3) is 5.13. The van der Waals surface area contributed by atoms with Crippen LogP contribution in [-0.4, -0.2) is 0 Å². The summed E-state index contributed by atoms with van der Waals surface area (Å²) in [7, 11) is 0. The Kier molecular flexibility index (Phi) is 7.31. The lowest BCUT2D eigenvalue weighted by Crippen LogP contribution is -2.16. The van der Waals surface area contributed by atoms with Gasteiger partial charge in [-0.2, -0.15) is 0 Å². The predicted octanol–water partition coefficient (Wildman–Crippen LogP) is 16.2. The molecule has 2 heteroatoms. The van der Waals surface area contributed by atoms with Gasteiger partial charge in [-0.1, -0.05) is 159 Å². The fourth-order valence-corrected chi connectivity index (χ4v) is 9.93. The lowest BCUT2D eigenvalue weighted by Gasteiger charge is -2.30. The first-order chi connectivity index (χ1) is 29.0. The smallest absolute Gasteiger partial charge is 0.143 e. The summed E-state index contributed by atoms with van der Waals surface area (Å²) in [6.45, 7) is 4.71. The Balaban J connectivity index is 1.04. The molecule has 0 aliphatic heterocycles. The van der Waals surface area contributed by atoms with Crippen molar-refractivity contribution in [3.05, 3.63) is 211 Å². The van der Waals surface area contributed by atoms with Crippen LogP contribution in [0.2, 0.25) is 0 Å². The second-order valence-corrected chi connectivity index (χ2v) is 16.5. The first kappa shape index (κ1) is 33.7. The Labute approximate surface area is 343 Å². The van der Waals surface area contributed by atoms with Gasteiger partial charge < -0.3 is 9.32 Å². The number of hydrogen-bond acceptors (Lipinski definition) is 2. The Hall–Kier alpha value is -7.42. The Morgan fingerprint density at radius 3 is 1.86 bits per heavy atom. The normalized spacial score (nSPS) is 13.1. The number of para-hydroxylation sites is 1.